The van der Waals surface area contributed by atoms with Gasteiger partial charge in [0, 0.05) is 45.0 Å². The number of aryl methyl sites for hydroxylation is 1. The highest BCUT2D eigenvalue weighted by Crippen LogP contribution is 2.18. The average molecular weight is 360 g/mol. The lowest BCUT2D eigenvalue weighted by atomic mass is 10.2. The normalized spacial score (nSPS) is 14.4. The number of anilines is 1. The van der Waals surface area contributed by atoms with Gasteiger partial charge in [-0.05, 0) is 37.5 Å². The van der Waals surface area contributed by atoms with Crippen molar-refractivity contribution in [2.24, 2.45) is 0 Å². The monoisotopic (exact) mass is 359 g/mol. The fraction of sp³-hybridized carbons (Fsp3) is 0.619. The molecule has 1 heterocycles. The first-order valence-corrected chi connectivity index (χ1v) is 9.96. The number of amides is 2. The Labute approximate surface area is 158 Å². The van der Waals surface area contributed by atoms with Crippen molar-refractivity contribution in [1.29, 1.82) is 0 Å². The van der Waals surface area contributed by atoms with Crippen molar-refractivity contribution >= 4 is 17.5 Å². The highest BCUT2D eigenvalue weighted by atomic mass is 16.2. The predicted octanol–water partition coefficient (Wildman–Crippen LogP) is 3.07. The standard InChI is InChI=1S/C21H33N3O2/c1-4-6-11-23(12-7-5-2)20(25)21(26)24-15-13-22(14-16-24)19-10-8-9-18(3)17-19/h8-10,17H,4-7,11-16H2,1-3H3. The van der Waals surface area contributed by atoms with E-state index >= 15 is 0 Å². The average Bonchev–Trinajstić information content (AvgIpc) is 2.67. The van der Waals surface area contributed by atoms with Gasteiger partial charge in [-0.3, -0.25) is 9.59 Å². The number of rotatable bonds is 7. The highest BCUT2D eigenvalue weighted by molar-refractivity contribution is 6.34. The van der Waals surface area contributed by atoms with Gasteiger partial charge in [0.2, 0.25) is 0 Å². The van der Waals surface area contributed by atoms with Crippen LogP contribution in [0.25, 0.3) is 0 Å². The number of carbonyl (C=O) groups is 2. The molecule has 1 aliphatic heterocycles. The van der Waals surface area contributed by atoms with E-state index in [1.54, 1.807) is 9.80 Å². The van der Waals surface area contributed by atoms with Crippen molar-refractivity contribution in [2.45, 2.75) is 46.5 Å². The Balaban J connectivity index is 1.92. The van der Waals surface area contributed by atoms with Gasteiger partial charge in [0.05, 0.1) is 0 Å². The molecule has 0 N–H and O–H groups in total. The Bertz CT molecular complexity index is 587. The maximum Gasteiger partial charge on any atom is 0.312 e. The summed E-state index contributed by atoms with van der Waals surface area (Å²) in [5, 5.41) is 0. The van der Waals surface area contributed by atoms with Gasteiger partial charge in [0.25, 0.3) is 0 Å². The molecule has 5 heteroatoms. The third-order valence-corrected chi connectivity index (χ3v) is 4.97. The second-order valence-electron chi connectivity index (χ2n) is 7.12. The van der Waals surface area contributed by atoms with E-state index in [1.165, 1.54) is 11.3 Å². The highest BCUT2D eigenvalue weighted by Gasteiger charge is 2.29. The summed E-state index contributed by atoms with van der Waals surface area (Å²) >= 11 is 0. The van der Waals surface area contributed by atoms with Crippen LogP contribution < -0.4 is 4.90 Å². The lowest BCUT2D eigenvalue weighted by Crippen LogP contribution is -2.53. The molecule has 0 spiro atoms. The number of unbranched alkanes of at least 4 members (excludes halogenated alkanes) is 2. The summed E-state index contributed by atoms with van der Waals surface area (Å²) in [7, 11) is 0. The summed E-state index contributed by atoms with van der Waals surface area (Å²) in [6.45, 7) is 10.4. The third-order valence-electron chi connectivity index (χ3n) is 4.97. The minimum absolute atomic E-state index is 0.323. The fourth-order valence-corrected chi connectivity index (χ4v) is 3.28. The first-order valence-electron chi connectivity index (χ1n) is 9.96. The van der Waals surface area contributed by atoms with E-state index in [0.29, 0.717) is 26.2 Å². The zero-order valence-electron chi connectivity index (χ0n) is 16.5. The zero-order valence-corrected chi connectivity index (χ0v) is 16.5. The van der Waals surface area contributed by atoms with E-state index in [1.807, 2.05) is 0 Å². The van der Waals surface area contributed by atoms with Crippen LogP contribution in [0.2, 0.25) is 0 Å². The van der Waals surface area contributed by atoms with E-state index in [0.717, 1.165) is 38.8 Å². The Morgan fingerprint density at radius 1 is 1.00 bits per heavy atom. The van der Waals surface area contributed by atoms with Gasteiger partial charge in [-0.15, -0.1) is 0 Å². The minimum atomic E-state index is -0.332. The number of carbonyl (C=O) groups excluding carboxylic acids is 2. The number of nitrogens with zero attached hydrogens (tertiary/aromatic N) is 3. The van der Waals surface area contributed by atoms with Crippen molar-refractivity contribution < 1.29 is 9.59 Å². The molecule has 2 rings (SSSR count). The van der Waals surface area contributed by atoms with Crippen LogP contribution in [0.1, 0.15) is 45.1 Å². The van der Waals surface area contributed by atoms with Crippen LogP contribution in [-0.2, 0) is 9.59 Å². The fourth-order valence-electron chi connectivity index (χ4n) is 3.28. The largest absolute Gasteiger partial charge is 0.368 e. The molecule has 1 fully saturated rings. The minimum Gasteiger partial charge on any atom is -0.368 e. The molecule has 0 unspecified atom stereocenters. The topological polar surface area (TPSA) is 43.9 Å². The molecule has 0 atom stereocenters. The Hall–Kier alpha value is -2.04. The molecule has 1 aromatic rings. The molecule has 1 saturated heterocycles. The van der Waals surface area contributed by atoms with Gasteiger partial charge in [-0.25, -0.2) is 0 Å². The van der Waals surface area contributed by atoms with Gasteiger partial charge in [-0.1, -0.05) is 38.8 Å². The second-order valence-corrected chi connectivity index (χ2v) is 7.12. The Kier molecular flexibility index (Phi) is 7.95. The van der Waals surface area contributed by atoms with Crippen LogP contribution in [0.15, 0.2) is 24.3 Å². The summed E-state index contributed by atoms with van der Waals surface area (Å²) in [6, 6.07) is 8.42. The molecule has 0 bridgehead atoms. The van der Waals surface area contributed by atoms with Crippen molar-refractivity contribution in [1.82, 2.24) is 9.80 Å². The quantitative estimate of drug-likeness (QED) is 0.703. The summed E-state index contributed by atoms with van der Waals surface area (Å²) in [6.07, 6.45) is 3.95. The van der Waals surface area contributed by atoms with Crippen LogP contribution in [0, 0.1) is 6.92 Å². The molecule has 144 valence electrons. The predicted molar refractivity (Wildman–Crippen MR) is 106 cm³/mol. The number of piperazine rings is 1. The summed E-state index contributed by atoms with van der Waals surface area (Å²) in [5.74, 6) is -0.656. The molecular formula is C21H33N3O2. The molecule has 0 aromatic heterocycles. The SMILES string of the molecule is CCCCN(CCCC)C(=O)C(=O)N1CCN(c2cccc(C)c2)CC1. The molecule has 1 aromatic carbocycles. The molecule has 0 saturated carbocycles. The maximum absolute atomic E-state index is 12.7. The van der Waals surface area contributed by atoms with Crippen LogP contribution in [0.4, 0.5) is 5.69 Å². The lowest BCUT2D eigenvalue weighted by Gasteiger charge is -2.36. The Morgan fingerprint density at radius 3 is 2.15 bits per heavy atom. The van der Waals surface area contributed by atoms with Crippen LogP contribution in [-0.4, -0.2) is 60.9 Å². The van der Waals surface area contributed by atoms with Gasteiger partial charge < -0.3 is 14.7 Å². The first-order chi connectivity index (χ1) is 12.6. The van der Waals surface area contributed by atoms with Gasteiger partial charge in [0.1, 0.15) is 0 Å². The molecule has 26 heavy (non-hydrogen) atoms. The van der Waals surface area contributed by atoms with E-state index in [-0.39, 0.29) is 11.8 Å². The van der Waals surface area contributed by atoms with Gasteiger partial charge in [-0.2, -0.15) is 0 Å². The van der Waals surface area contributed by atoms with Crippen molar-refractivity contribution in [3.63, 3.8) is 0 Å². The molecule has 0 aliphatic carbocycles. The van der Waals surface area contributed by atoms with E-state index < -0.39 is 0 Å². The van der Waals surface area contributed by atoms with E-state index in [2.05, 4.69) is 49.9 Å². The van der Waals surface area contributed by atoms with Crippen molar-refractivity contribution in [3.8, 4) is 0 Å². The van der Waals surface area contributed by atoms with Crippen LogP contribution >= 0.6 is 0 Å². The summed E-state index contributed by atoms with van der Waals surface area (Å²) in [5.41, 5.74) is 2.43. The summed E-state index contributed by atoms with van der Waals surface area (Å²) < 4.78 is 0. The Morgan fingerprint density at radius 2 is 1.62 bits per heavy atom. The molecule has 2 amide bonds. The molecular weight excluding hydrogens is 326 g/mol. The first kappa shape index (κ1) is 20.3. The zero-order chi connectivity index (χ0) is 18.9. The number of hydrogen-bond donors (Lipinski definition) is 0. The van der Waals surface area contributed by atoms with E-state index in [9.17, 15) is 9.59 Å². The molecule has 0 radical (unpaired) electrons. The van der Waals surface area contributed by atoms with Crippen molar-refractivity contribution in [2.75, 3.05) is 44.2 Å². The lowest BCUT2D eigenvalue weighted by molar-refractivity contribution is -0.152. The van der Waals surface area contributed by atoms with Crippen LogP contribution in [0.5, 0.6) is 0 Å². The number of benzene rings is 1. The second kappa shape index (κ2) is 10.2. The molecule has 5 nitrogen and oxygen atoms in total. The van der Waals surface area contributed by atoms with Gasteiger partial charge >= 0.3 is 11.8 Å². The summed E-state index contributed by atoms with van der Waals surface area (Å²) in [4.78, 5) is 31.1. The number of hydrogen-bond acceptors (Lipinski definition) is 3. The smallest absolute Gasteiger partial charge is 0.312 e. The maximum atomic E-state index is 12.7. The van der Waals surface area contributed by atoms with Crippen LogP contribution in [0.3, 0.4) is 0 Å². The van der Waals surface area contributed by atoms with Gasteiger partial charge in [0.15, 0.2) is 0 Å². The third kappa shape index (κ3) is 5.48. The molecule has 1 aliphatic rings. The van der Waals surface area contributed by atoms with E-state index in [4.69, 9.17) is 0 Å². The van der Waals surface area contributed by atoms with Crippen molar-refractivity contribution in [3.05, 3.63) is 29.8 Å².